The number of halogens is 1. The van der Waals surface area contributed by atoms with E-state index in [9.17, 15) is 9.50 Å². The van der Waals surface area contributed by atoms with Crippen molar-refractivity contribution in [3.63, 3.8) is 0 Å². The third kappa shape index (κ3) is 1.93. The van der Waals surface area contributed by atoms with Gasteiger partial charge in [-0.25, -0.2) is 0 Å². The summed E-state index contributed by atoms with van der Waals surface area (Å²) in [6.07, 6.45) is 1.43. The fourth-order valence-electron chi connectivity index (χ4n) is 1.77. The van der Waals surface area contributed by atoms with Crippen LogP contribution in [0.4, 0.5) is 4.39 Å². The zero-order chi connectivity index (χ0) is 11.8. The predicted molar refractivity (Wildman–Crippen MR) is 63.3 cm³/mol. The number of hydrogen-bond acceptors (Lipinski definition) is 3. The third-order valence-electron chi connectivity index (χ3n) is 2.55. The molecule has 0 fully saturated rings. The summed E-state index contributed by atoms with van der Waals surface area (Å²) in [5.41, 5.74) is 2.44. The van der Waals surface area contributed by atoms with Gasteiger partial charge in [0.2, 0.25) is 0 Å². The Morgan fingerprint density at radius 2 is 2.06 bits per heavy atom. The molecule has 1 aromatic heterocycles. The summed E-state index contributed by atoms with van der Waals surface area (Å²) in [6, 6.07) is 8.38. The molecular formula is C12H7FN2OSn. The average Bonchev–Trinajstić information content (AvgIpc) is 2.71. The van der Waals surface area contributed by atoms with Gasteiger partial charge in [-0.05, 0) is 0 Å². The van der Waals surface area contributed by atoms with Gasteiger partial charge in [0.1, 0.15) is 0 Å². The van der Waals surface area contributed by atoms with Crippen molar-refractivity contribution >= 4 is 30.7 Å². The molecule has 2 aromatic rings. The molecule has 2 radical (unpaired) electrons. The van der Waals surface area contributed by atoms with Crippen LogP contribution in [0, 0.1) is 5.95 Å². The monoisotopic (exact) mass is 334 g/mol. The first-order valence-corrected chi connectivity index (χ1v) is 7.73. The number of rotatable bonds is 1. The molecule has 5 heteroatoms. The van der Waals surface area contributed by atoms with E-state index in [-0.39, 0.29) is 5.75 Å². The topological polar surface area (TPSA) is 45.5 Å². The molecule has 0 aliphatic carbocycles. The summed E-state index contributed by atoms with van der Waals surface area (Å²) in [6.45, 7) is 0. The SMILES string of the molecule is Oc1cc[c]2c(c1)C(c1ccnc(F)c1)=[N][Sn]2. The van der Waals surface area contributed by atoms with Gasteiger partial charge in [0, 0.05) is 0 Å². The number of aromatic hydroxyl groups is 1. The van der Waals surface area contributed by atoms with Gasteiger partial charge >= 0.3 is 108 Å². The Hall–Kier alpha value is -1.43. The van der Waals surface area contributed by atoms with Crippen molar-refractivity contribution < 1.29 is 9.50 Å². The quantitative estimate of drug-likeness (QED) is 0.626. The number of aromatic nitrogens is 1. The van der Waals surface area contributed by atoms with E-state index in [2.05, 4.69) is 8.20 Å². The Balaban J connectivity index is 2.12. The van der Waals surface area contributed by atoms with Crippen molar-refractivity contribution in [1.82, 2.24) is 4.98 Å². The molecule has 0 spiro atoms. The zero-order valence-electron chi connectivity index (χ0n) is 8.68. The molecule has 0 bridgehead atoms. The first-order valence-electron chi connectivity index (χ1n) is 5.03. The Kier molecular flexibility index (Phi) is 2.58. The number of fused-ring (bicyclic) bond motifs is 1. The van der Waals surface area contributed by atoms with Crippen molar-refractivity contribution in [1.29, 1.82) is 0 Å². The summed E-state index contributed by atoms with van der Waals surface area (Å²) in [5.74, 6) is -0.295. The summed E-state index contributed by atoms with van der Waals surface area (Å²) in [4.78, 5) is 3.53. The van der Waals surface area contributed by atoms with E-state index in [1.165, 1.54) is 15.8 Å². The first kappa shape index (κ1) is 10.7. The first-order chi connectivity index (χ1) is 8.24. The van der Waals surface area contributed by atoms with Crippen LogP contribution in [0.1, 0.15) is 11.1 Å². The molecule has 0 saturated carbocycles. The molecule has 1 N–H and O–H groups in total. The van der Waals surface area contributed by atoms with Crippen LogP contribution in [0.25, 0.3) is 0 Å². The molecule has 1 aliphatic heterocycles. The van der Waals surface area contributed by atoms with Crippen LogP contribution in [0.5, 0.6) is 5.75 Å². The summed E-state index contributed by atoms with van der Waals surface area (Å²) in [7, 11) is 0. The molecule has 3 rings (SSSR count). The van der Waals surface area contributed by atoms with E-state index in [1.54, 1.807) is 18.2 Å². The summed E-state index contributed by atoms with van der Waals surface area (Å²) >= 11 is -0.976. The molecule has 82 valence electrons. The minimum absolute atomic E-state index is 0.215. The molecule has 17 heavy (non-hydrogen) atoms. The van der Waals surface area contributed by atoms with Crippen molar-refractivity contribution in [2.75, 3.05) is 0 Å². The second-order valence-corrected chi connectivity index (χ2v) is 6.48. The van der Waals surface area contributed by atoms with Crippen LogP contribution in [-0.2, 0) is 0 Å². The normalized spacial score (nSPS) is 13.4. The molecule has 3 nitrogen and oxygen atoms in total. The number of benzene rings is 1. The maximum atomic E-state index is 13.1. The fraction of sp³-hybridized carbons (Fsp3) is 0. The zero-order valence-corrected chi connectivity index (χ0v) is 11.5. The predicted octanol–water partition coefficient (Wildman–Crippen LogP) is 1.02. The van der Waals surface area contributed by atoms with Gasteiger partial charge in [-0.1, -0.05) is 0 Å². The van der Waals surface area contributed by atoms with Crippen molar-refractivity contribution in [3.05, 3.63) is 53.6 Å². The van der Waals surface area contributed by atoms with Crippen LogP contribution < -0.4 is 3.58 Å². The van der Waals surface area contributed by atoms with Gasteiger partial charge in [-0.2, -0.15) is 0 Å². The Bertz CT molecular complexity index is 628. The molecule has 2 heterocycles. The van der Waals surface area contributed by atoms with Crippen LogP contribution in [-0.4, -0.2) is 37.2 Å². The molecular weight excluding hydrogens is 326 g/mol. The van der Waals surface area contributed by atoms with Crippen LogP contribution >= 0.6 is 0 Å². The van der Waals surface area contributed by atoms with Gasteiger partial charge in [0.05, 0.1) is 0 Å². The van der Waals surface area contributed by atoms with Crippen LogP contribution in [0.15, 0.2) is 39.7 Å². The standard InChI is InChI=1S/C12H7FN2O.Sn/c13-11-7-9(4-5-15-11)12(14)8-2-1-3-10(16)6-8;/h1,3-7,16H;/q-1;+1. The number of hydrogen-bond donors (Lipinski definition) is 1. The molecule has 0 amide bonds. The Morgan fingerprint density at radius 3 is 2.88 bits per heavy atom. The van der Waals surface area contributed by atoms with Gasteiger partial charge in [-0.15, -0.1) is 0 Å². The van der Waals surface area contributed by atoms with E-state index in [0.29, 0.717) is 0 Å². The second kappa shape index (κ2) is 4.10. The van der Waals surface area contributed by atoms with Crippen molar-refractivity contribution in [2.45, 2.75) is 0 Å². The van der Waals surface area contributed by atoms with Gasteiger partial charge < -0.3 is 0 Å². The fourth-order valence-corrected chi connectivity index (χ4v) is 4.49. The Morgan fingerprint density at radius 1 is 1.18 bits per heavy atom. The van der Waals surface area contributed by atoms with Gasteiger partial charge in [0.25, 0.3) is 0 Å². The average molecular weight is 333 g/mol. The number of pyridine rings is 1. The van der Waals surface area contributed by atoms with E-state index >= 15 is 0 Å². The molecule has 1 aromatic carbocycles. The molecule has 1 aliphatic rings. The van der Waals surface area contributed by atoms with E-state index in [0.717, 1.165) is 16.8 Å². The maximum absolute atomic E-state index is 13.1. The summed E-state index contributed by atoms with van der Waals surface area (Å²) < 4.78 is 18.8. The van der Waals surface area contributed by atoms with E-state index < -0.39 is 27.4 Å². The van der Waals surface area contributed by atoms with Crippen LogP contribution in [0.3, 0.4) is 0 Å². The summed E-state index contributed by atoms with van der Waals surface area (Å²) in [5, 5.41) is 9.49. The van der Waals surface area contributed by atoms with Gasteiger partial charge in [0.15, 0.2) is 0 Å². The number of nitrogens with zero attached hydrogens (tertiary/aromatic N) is 2. The van der Waals surface area contributed by atoms with Crippen LogP contribution in [0.2, 0.25) is 0 Å². The minimum atomic E-state index is -0.976. The van der Waals surface area contributed by atoms with Crippen molar-refractivity contribution in [3.8, 4) is 5.75 Å². The van der Waals surface area contributed by atoms with Crippen molar-refractivity contribution in [2.24, 2.45) is 3.21 Å². The van der Waals surface area contributed by atoms with Gasteiger partial charge in [-0.3, -0.25) is 0 Å². The molecule has 0 atom stereocenters. The van der Waals surface area contributed by atoms with E-state index in [4.69, 9.17) is 0 Å². The number of phenolic OH excluding ortho intramolecular Hbond substituents is 1. The van der Waals surface area contributed by atoms with E-state index in [1.807, 2.05) is 6.07 Å². The second-order valence-electron chi connectivity index (χ2n) is 3.67. The Labute approximate surface area is 108 Å². The number of phenols is 1. The molecule has 0 saturated heterocycles. The third-order valence-corrected chi connectivity index (χ3v) is 5.44. The molecule has 0 unspecified atom stereocenters.